The van der Waals surface area contributed by atoms with Crippen molar-refractivity contribution in [3.05, 3.63) is 28.3 Å². The lowest BCUT2D eigenvalue weighted by Gasteiger charge is -2.24. The van der Waals surface area contributed by atoms with Crippen LogP contribution in [-0.4, -0.2) is 12.6 Å². The van der Waals surface area contributed by atoms with Gasteiger partial charge < -0.3 is 16.2 Å². The smallest absolute Gasteiger partial charge is 0.124 e. The Morgan fingerprint density at radius 2 is 1.79 bits per heavy atom. The zero-order valence-electron chi connectivity index (χ0n) is 13.1. The highest BCUT2D eigenvalue weighted by Crippen LogP contribution is 2.32. The van der Waals surface area contributed by atoms with Crippen LogP contribution in [0.5, 0.6) is 5.75 Å². The van der Waals surface area contributed by atoms with Gasteiger partial charge in [0.05, 0.1) is 7.11 Å². The second kappa shape index (κ2) is 5.93. The van der Waals surface area contributed by atoms with Crippen LogP contribution >= 0.6 is 0 Å². The molecule has 1 unspecified atom stereocenters. The molecule has 1 rings (SSSR count). The van der Waals surface area contributed by atoms with Gasteiger partial charge in [0.15, 0.2) is 0 Å². The average Bonchev–Trinajstić information content (AvgIpc) is 2.30. The molecular weight excluding hydrogens is 236 g/mol. The fourth-order valence-electron chi connectivity index (χ4n) is 2.47. The Morgan fingerprint density at radius 1 is 1.21 bits per heavy atom. The zero-order valence-corrected chi connectivity index (χ0v) is 13.1. The first-order chi connectivity index (χ1) is 8.67. The second-order valence-electron chi connectivity index (χ2n) is 6.20. The molecule has 108 valence electrons. The third kappa shape index (κ3) is 3.95. The molecule has 0 fully saturated rings. The molecule has 0 aliphatic rings. The van der Waals surface area contributed by atoms with E-state index in [1.54, 1.807) is 7.11 Å². The van der Waals surface area contributed by atoms with E-state index in [0.717, 1.165) is 24.2 Å². The molecule has 0 aromatic heterocycles. The summed E-state index contributed by atoms with van der Waals surface area (Å²) in [6.45, 7) is 10.3. The van der Waals surface area contributed by atoms with Crippen LogP contribution < -0.4 is 16.2 Å². The van der Waals surface area contributed by atoms with Crippen LogP contribution in [0.15, 0.2) is 6.07 Å². The summed E-state index contributed by atoms with van der Waals surface area (Å²) >= 11 is 0. The molecule has 3 heteroatoms. The molecular formula is C16H28N2O. The van der Waals surface area contributed by atoms with Gasteiger partial charge in [0, 0.05) is 11.6 Å². The molecule has 0 saturated heterocycles. The first-order valence-corrected chi connectivity index (χ1v) is 6.86. The maximum atomic E-state index is 6.34. The molecule has 1 aromatic carbocycles. The Bertz CT molecular complexity index is 447. The monoisotopic (exact) mass is 264 g/mol. The highest BCUT2D eigenvalue weighted by molar-refractivity contribution is 5.49. The normalized spacial score (nSPS) is 13.5. The van der Waals surface area contributed by atoms with E-state index in [2.05, 4.69) is 26.8 Å². The topological polar surface area (TPSA) is 61.3 Å². The number of ether oxygens (including phenoxy) is 1. The summed E-state index contributed by atoms with van der Waals surface area (Å²) in [6.07, 6.45) is 1.81. The van der Waals surface area contributed by atoms with Gasteiger partial charge in [-0.1, -0.05) is 6.07 Å². The zero-order chi connectivity index (χ0) is 14.8. The Labute approximate surface area is 117 Å². The van der Waals surface area contributed by atoms with Crippen molar-refractivity contribution in [1.29, 1.82) is 0 Å². The molecule has 19 heavy (non-hydrogen) atoms. The summed E-state index contributed by atoms with van der Waals surface area (Å²) in [4.78, 5) is 0. The Hall–Kier alpha value is -1.06. The molecule has 0 amide bonds. The van der Waals surface area contributed by atoms with Crippen molar-refractivity contribution in [3.8, 4) is 5.75 Å². The first-order valence-electron chi connectivity index (χ1n) is 6.86. The summed E-state index contributed by atoms with van der Waals surface area (Å²) in [5.74, 6) is 0.965. The van der Waals surface area contributed by atoms with Crippen molar-refractivity contribution in [2.24, 2.45) is 11.5 Å². The van der Waals surface area contributed by atoms with Gasteiger partial charge in [0.1, 0.15) is 5.75 Å². The van der Waals surface area contributed by atoms with E-state index in [-0.39, 0.29) is 11.6 Å². The van der Waals surface area contributed by atoms with Crippen LogP contribution in [0.1, 0.15) is 55.0 Å². The maximum Gasteiger partial charge on any atom is 0.124 e. The molecule has 0 radical (unpaired) electrons. The molecule has 1 aromatic rings. The fourth-order valence-corrected chi connectivity index (χ4v) is 2.47. The molecule has 0 aliphatic carbocycles. The third-order valence-corrected chi connectivity index (χ3v) is 3.77. The number of nitrogens with two attached hydrogens (primary N) is 2. The minimum atomic E-state index is -0.165. The summed E-state index contributed by atoms with van der Waals surface area (Å²) in [6, 6.07) is 2.18. The molecule has 3 nitrogen and oxygen atoms in total. The molecule has 0 heterocycles. The van der Waals surface area contributed by atoms with E-state index in [9.17, 15) is 0 Å². The highest BCUT2D eigenvalue weighted by atomic mass is 16.5. The van der Waals surface area contributed by atoms with Gasteiger partial charge in [-0.05, 0) is 69.7 Å². The molecule has 4 N–H and O–H groups in total. The lowest BCUT2D eigenvalue weighted by Crippen LogP contribution is -2.33. The van der Waals surface area contributed by atoms with Crippen LogP contribution in [0.25, 0.3) is 0 Å². The lowest BCUT2D eigenvalue weighted by molar-refractivity contribution is 0.406. The van der Waals surface area contributed by atoms with Crippen molar-refractivity contribution in [1.82, 2.24) is 0 Å². The predicted octanol–water partition coefficient (Wildman–Crippen LogP) is 3.14. The minimum Gasteiger partial charge on any atom is -0.496 e. The van der Waals surface area contributed by atoms with Gasteiger partial charge in [-0.15, -0.1) is 0 Å². The van der Waals surface area contributed by atoms with Crippen molar-refractivity contribution in [2.75, 3.05) is 7.11 Å². The number of aryl methyl sites for hydroxylation is 1. The largest absolute Gasteiger partial charge is 0.496 e. The van der Waals surface area contributed by atoms with E-state index in [1.165, 1.54) is 16.7 Å². The van der Waals surface area contributed by atoms with E-state index in [4.69, 9.17) is 16.2 Å². The summed E-state index contributed by atoms with van der Waals surface area (Å²) < 4.78 is 5.44. The number of rotatable bonds is 5. The predicted molar refractivity (Wildman–Crippen MR) is 81.6 cm³/mol. The Kier molecular flexibility index (Phi) is 4.99. The quantitative estimate of drug-likeness (QED) is 0.859. The van der Waals surface area contributed by atoms with Gasteiger partial charge in [-0.2, -0.15) is 0 Å². The third-order valence-electron chi connectivity index (χ3n) is 3.77. The first kappa shape index (κ1) is 16.0. The number of benzene rings is 1. The summed E-state index contributed by atoms with van der Waals surface area (Å²) in [5.41, 5.74) is 17.0. The van der Waals surface area contributed by atoms with Gasteiger partial charge >= 0.3 is 0 Å². The van der Waals surface area contributed by atoms with Gasteiger partial charge in [0.2, 0.25) is 0 Å². The van der Waals surface area contributed by atoms with Gasteiger partial charge in [-0.3, -0.25) is 0 Å². The number of methoxy groups -OCH3 is 1. The van der Waals surface area contributed by atoms with Gasteiger partial charge in [0.25, 0.3) is 0 Å². The minimum absolute atomic E-state index is 0.0335. The number of hydrogen-bond acceptors (Lipinski definition) is 3. The summed E-state index contributed by atoms with van der Waals surface area (Å²) in [7, 11) is 1.71. The molecule has 0 saturated carbocycles. The fraction of sp³-hybridized carbons (Fsp3) is 0.625. The van der Waals surface area contributed by atoms with Crippen LogP contribution in [0.4, 0.5) is 0 Å². The van der Waals surface area contributed by atoms with E-state index in [0.29, 0.717) is 0 Å². The van der Waals surface area contributed by atoms with E-state index >= 15 is 0 Å². The van der Waals surface area contributed by atoms with E-state index in [1.807, 2.05) is 13.8 Å². The van der Waals surface area contributed by atoms with Crippen LogP contribution in [-0.2, 0) is 0 Å². The van der Waals surface area contributed by atoms with Crippen LogP contribution in [0, 0.1) is 20.8 Å². The highest BCUT2D eigenvalue weighted by Gasteiger charge is 2.18. The number of hydrogen-bond donors (Lipinski definition) is 2. The SMILES string of the molecule is COc1c(C)cc(C(N)CCC(C)(C)N)c(C)c1C. The van der Waals surface area contributed by atoms with Crippen molar-refractivity contribution in [3.63, 3.8) is 0 Å². The summed E-state index contributed by atoms with van der Waals surface area (Å²) in [5, 5.41) is 0. The maximum absolute atomic E-state index is 6.34. The standard InChI is InChI=1S/C16H28N2O/c1-10-9-13(11(2)12(3)15(10)19-6)14(17)7-8-16(4,5)18/h9,14H,7-8,17-18H2,1-6H3. The van der Waals surface area contributed by atoms with Crippen molar-refractivity contribution >= 4 is 0 Å². The van der Waals surface area contributed by atoms with Crippen molar-refractivity contribution in [2.45, 2.75) is 59.0 Å². The molecule has 1 atom stereocenters. The van der Waals surface area contributed by atoms with Crippen LogP contribution in [0.3, 0.4) is 0 Å². The molecule has 0 aliphatic heterocycles. The van der Waals surface area contributed by atoms with Crippen LogP contribution in [0.2, 0.25) is 0 Å². The molecule has 0 bridgehead atoms. The Morgan fingerprint density at radius 3 is 2.26 bits per heavy atom. The van der Waals surface area contributed by atoms with Gasteiger partial charge in [-0.25, -0.2) is 0 Å². The van der Waals surface area contributed by atoms with E-state index < -0.39 is 0 Å². The lowest BCUT2D eigenvalue weighted by atomic mass is 9.89. The average molecular weight is 264 g/mol. The Balaban J connectivity index is 3.01. The molecule has 0 spiro atoms. The second-order valence-corrected chi connectivity index (χ2v) is 6.20. The van der Waals surface area contributed by atoms with Crippen molar-refractivity contribution < 1.29 is 4.74 Å².